The molecule has 0 spiro atoms. The predicted octanol–water partition coefficient (Wildman–Crippen LogP) is 1.56. The van der Waals surface area contributed by atoms with Crippen molar-refractivity contribution in [3.8, 4) is 5.75 Å². The fourth-order valence-corrected chi connectivity index (χ4v) is 1.57. The van der Waals surface area contributed by atoms with Crippen molar-refractivity contribution in [1.29, 1.82) is 0 Å². The van der Waals surface area contributed by atoms with Gasteiger partial charge in [-0.3, -0.25) is 0 Å². The van der Waals surface area contributed by atoms with Crippen molar-refractivity contribution in [2.45, 2.75) is 20.3 Å². The summed E-state index contributed by atoms with van der Waals surface area (Å²) >= 11 is 0. The van der Waals surface area contributed by atoms with Gasteiger partial charge in [0.2, 0.25) is 0 Å². The number of carbonyl (C=O) groups is 1. The second-order valence-corrected chi connectivity index (χ2v) is 5.01. The van der Waals surface area contributed by atoms with Gasteiger partial charge in [-0.1, -0.05) is 26.0 Å². The van der Waals surface area contributed by atoms with Gasteiger partial charge >= 0.3 is 6.03 Å². The summed E-state index contributed by atoms with van der Waals surface area (Å²) in [7, 11) is 0. The molecule has 112 valence electrons. The van der Waals surface area contributed by atoms with Crippen LogP contribution < -0.4 is 15.4 Å². The lowest BCUT2D eigenvalue weighted by Crippen LogP contribution is -2.37. The average Bonchev–Trinajstić information content (AvgIpc) is 2.44. The lowest BCUT2D eigenvalue weighted by atomic mass is 10.1. The smallest absolute Gasteiger partial charge is 0.314 e. The molecule has 0 aromatic heterocycles. The van der Waals surface area contributed by atoms with Crippen LogP contribution in [0.15, 0.2) is 24.3 Å². The summed E-state index contributed by atoms with van der Waals surface area (Å²) in [6.45, 7) is 5.72. The number of hydrogen-bond donors (Lipinski definition) is 3. The highest BCUT2D eigenvalue weighted by Gasteiger charge is 2.00. The minimum Gasteiger partial charge on any atom is -0.493 e. The van der Waals surface area contributed by atoms with Gasteiger partial charge in [-0.15, -0.1) is 0 Å². The van der Waals surface area contributed by atoms with Gasteiger partial charge < -0.3 is 20.5 Å². The van der Waals surface area contributed by atoms with E-state index in [2.05, 4.69) is 24.5 Å². The molecule has 0 saturated carbocycles. The van der Waals surface area contributed by atoms with Crippen molar-refractivity contribution in [1.82, 2.24) is 10.6 Å². The number of amides is 2. The van der Waals surface area contributed by atoms with Crippen LogP contribution in [0.2, 0.25) is 0 Å². The quantitative estimate of drug-likeness (QED) is 0.676. The molecule has 1 aromatic rings. The molecule has 0 bridgehead atoms. The van der Waals surface area contributed by atoms with Crippen LogP contribution in [0.5, 0.6) is 5.75 Å². The Bertz CT molecular complexity index is 391. The average molecular weight is 280 g/mol. The monoisotopic (exact) mass is 280 g/mol. The molecule has 0 aliphatic carbocycles. The number of aliphatic hydroxyl groups excluding tert-OH is 1. The third-order valence-corrected chi connectivity index (χ3v) is 2.60. The minimum atomic E-state index is -0.254. The summed E-state index contributed by atoms with van der Waals surface area (Å²) in [6, 6.07) is 7.65. The van der Waals surface area contributed by atoms with Gasteiger partial charge in [-0.2, -0.15) is 0 Å². The van der Waals surface area contributed by atoms with E-state index in [1.54, 1.807) is 0 Å². The highest BCUT2D eigenvalue weighted by molar-refractivity contribution is 5.73. The van der Waals surface area contributed by atoms with Crippen molar-refractivity contribution in [2.75, 3.05) is 26.3 Å². The molecule has 5 nitrogen and oxygen atoms in total. The zero-order chi connectivity index (χ0) is 14.8. The number of urea groups is 1. The van der Waals surface area contributed by atoms with Crippen molar-refractivity contribution < 1.29 is 14.6 Å². The number of aliphatic hydroxyl groups is 1. The number of carbonyl (C=O) groups excluding carboxylic acids is 1. The van der Waals surface area contributed by atoms with Crippen LogP contribution in [0.3, 0.4) is 0 Å². The number of ether oxygens (including phenoxy) is 1. The van der Waals surface area contributed by atoms with Crippen LogP contribution in [-0.4, -0.2) is 37.4 Å². The normalized spacial score (nSPS) is 10.4. The summed E-state index contributed by atoms with van der Waals surface area (Å²) in [4.78, 5) is 11.2. The Hall–Kier alpha value is -1.75. The number of nitrogens with one attached hydrogen (secondary N) is 2. The van der Waals surface area contributed by atoms with E-state index in [0.29, 0.717) is 19.1 Å². The Balaban J connectivity index is 2.26. The van der Waals surface area contributed by atoms with Gasteiger partial charge in [0.1, 0.15) is 5.75 Å². The zero-order valence-electron chi connectivity index (χ0n) is 12.2. The predicted molar refractivity (Wildman–Crippen MR) is 79.0 cm³/mol. The van der Waals surface area contributed by atoms with E-state index in [9.17, 15) is 4.79 Å². The van der Waals surface area contributed by atoms with Crippen molar-refractivity contribution in [3.05, 3.63) is 29.8 Å². The summed E-state index contributed by atoms with van der Waals surface area (Å²) in [5.41, 5.74) is 1.14. The molecule has 0 heterocycles. The SMILES string of the molecule is CC(C)COc1ccc(CCNC(=O)NCCO)cc1. The van der Waals surface area contributed by atoms with Crippen molar-refractivity contribution in [3.63, 3.8) is 0 Å². The van der Waals surface area contributed by atoms with Gasteiger partial charge in [0.25, 0.3) is 0 Å². The van der Waals surface area contributed by atoms with E-state index in [1.807, 2.05) is 24.3 Å². The Morgan fingerprint density at radius 3 is 2.45 bits per heavy atom. The van der Waals surface area contributed by atoms with Gasteiger partial charge in [-0.05, 0) is 30.0 Å². The molecule has 5 heteroatoms. The molecule has 0 fully saturated rings. The topological polar surface area (TPSA) is 70.6 Å². The van der Waals surface area contributed by atoms with Gasteiger partial charge in [0.15, 0.2) is 0 Å². The van der Waals surface area contributed by atoms with Gasteiger partial charge in [0, 0.05) is 13.1 Å². The Kier molecular flexibility index (Phi) is 7.50. The molecule has 1 rings (SSSR count). The van der Waals surface area contributed by atoms with E-state index in [1.165, 1.54) is 0 Å². The van der Waals surface area contributed by atoms with E-state index in [-0.39, 0.29) is 19.2 Å². The first kappa shape index (κ1) is 16.3. The molecule has 0 radical (unpaired) electrons. The molecule has 0 aliphatic rings. The highest BCUT2D eigenvalue weighted by atomic mass is 16.5. The standard InChI is InChI=1S/C15H24N2O3/c1-12(2)11-20-14-5-3-13(4-6-14)7-8-16-15(19)17-9-10-18/h3-6,12,18H,7-11H2,1-2H3,(H2,16,17,19). The van der Waals surface area contributed by atoms with Crippen LogP contribution in [0.25, 0.3) is 0 Å². The summed E-state index contributed by atoms with van der Waals surface area (Å²) in [6.07, 6.45) is 0.761. The molecule has 2 amide bonds. The fourth-order valence-electron chi connectivity index (χ4n) is 1.57. The van der Waals surface area contributed by atoms with E-state index < -0.39 is 0 Å². The maximum absolute atomic E-state index is 11.2. The third-order valence-electron chi connectivity index (χ3n) is 2.60. The van der Waals surface area contributed by atoms with E-state index in [4.69, 9.17) is 9.84 Å². The Morgan fingerprint density at radius 2 is 1.85 bits per heavy atom. The minimum absolute atomic E-state index is 0.0503. The van der Waals surface area contributed by atoms with Crippen molar-refractivity contribution >= 4 is 6.03 Å². The zero-order valence-corrected chi connectivity index (χ0v) is 12.2. The number of hydrogen-bond acceptors (Lipinski definition) is 3. The van der Waals surface area contributed by atoms with Crippen LogP contribution in [-0.2, 0) is 6.42 Å². The molecule has 20 heavy (non-hydrogen) atoms. The molecule has 0 aliphatic heterocycles. The fraction of sp³-hybridized carbons (Fsp3) is 0.533. The first-order chi connectivity index (χ1) is 9.61. The molecular weight excluding hydrogens is 256 g/mol. The van der Waals surface area contributed by atoms with Crippen molar-refractivity contribution in [2.24, 2.45) is 5.92 Å². The molecule has 1 aromatic carbocycles. The molecular formula is C15H24N2O3. The van der Waals surface area contributed by atoms with Gasteiger partial charge in [0.05, 0.1) is 13.2 Å². The van der Waals surface area contributed by atoms with E-state index in [0.717, 1.165) is 17.7 Å². The molecule has 0 unspecified atom stereocenters. The summed E-state index contributed by atoms with van der Waals surface area (Å²) in [5, 5.41) is 13.8. The lowest BCUT2D eigenvalue weighted by Gasteiger charge is -2.09. The first-order valence-electron chi connectivity index (χ1n) is 6.96. The Morgan fingerprint density at radius 1 is 1.20 bits per heavy atom. The summed E-state index contributed by atoms with van der Waals surface area (Å²) in [5.74, 6) is 1.38. The molecule has 0 atom stereocenters. The Labute approximate surface area is 120 Å². The number of rotatable bonds is 8. The lowest BCUT2D eigenvalue weighted by molar-refractivity contribution is 0.234. The maximum atomic E-state index is 11.2. The maximum Gasteiger partial charge on any atom is 0.314 e. The van der Waals surface area contributed by atoms with Crippen LogP contribution in [0.1, 0.15) is 19.4 Å². The third kappa shape index (κ3) is 6.99. The second-order valence-electron chi connectivity index (χ2n) is 5.01. The highest BCUT2D eigenvalue weighted by Crippen LogP contribution is 2.13. The summed E-state index contributed by atoms with van der Waals surface area (Å²) < 4.78 is 5.61. The second kappa shape index (κ2) is 9.20. The first-order valence-corrected chi connectivity index (χ1v) is 6.96. The van der Waals surface area contributed by atoms with Gasteiger partial charge in [-0.25, -0.2) is 4.79 Å². The molecule has 0 saturated heterocycles. The van der Waals surface area contributed by atoms with E-state index >= 15 is 0 Å². The van der Waals surface area contributed by atoms with Crippen LogP contribution in [0.4, 0.5) is 4.79 Å². The largest absolute Gasteiger partial charge is 0.493 e. The van der Waals surface area contributed by atoms with Crippen LogP contribution >= 0.6 is 0 Å². The molecule has 3 N–H and O–H groups in total. The van der Waals surface area contributed by atoms with Crippen LogP contribution in [0, 0.1) is 5.92 Å². The number of benzene rings is 1.